The lowest BCUT2D eigenvalue weighted by molar-refractivity contribution is 0.0978. The lowest BCUT2D eigenvalue weighted by Crippen LogP contribution is -2.36. The number of benzene rings is 3. The normalized spacial score (nSPS) is 15.6. The van der Waals surface area contributed by atoms with Gasteiger partial charge in [-0.2, -0.15) is 0 Å². The molecule has 4 rings (SSSR count). The van der Waals surface area contributed by atoms with E-state index >= 15 is 0 Å². The summed E-state index contributed by atoms with van der Waals surface area (Å²) in [5.41, 5.74) is 4.22. The second kappa shape index (κ2) is 5.60. The lowest BCUT2D eigenvalue weighted by Gasteiger charge is -2.37. The summed E-state index contributed by atoms with van der Waals surface area (Å²) in [4.78, 5) is 14.8. The van der Waals surface area contributed by atoms with Gasteiger partial charge in [-0.05, 0) is 48.4 Å². The summed E-state index contributed by atoms with van der Waals surface area (Å²) in [7, 11) is 0. The summed E-state index contributed by atoms with van der Waals surface area (Å²) in [6.45, 7) is 1.98. The summed E-state index contributed by atoms with van der Waals surface area (Å²) < 4.78 is 13.9. The summed E-state index contributed by atoms with van der Waals surface area (Å²) in [6.07, 6.45) is 0. The highest BCUT2D eigenvalue weighted by molar-refractivity contribution is 6.10. The Morgan fingerprint density at radius 2 is 1.62 bits per heavy atom. The van der Waals surface area contributed by atoms with Crippen LogP contribution in [0.4, 0.5) is 10.1 Å². The Balaban J connectivity index is 1.93. The fourth-order valence-corrected chi connectivity index (χ4v) is 3.39. The third-order valence-electron chi connectivity index (χ3n) is 4.55. The van der Waals surface area contributed by atoms with E-state index in [1.54, 1.807) is 23.1 Å². The minimum atomic E-state index is -0.341. The predicted molar refractivity (Wildman–Crippen MR) is 93.5 cm³/mol. The molecule has 0 N–H and O–H groups in total. The molecule has 1 amide bonds. The van der Waals surface area contributed by atoms with Gasteiger partial charge in [0.15, 0.2) is 0 Å². The van der Waals surface area contributed by atoms with Crippen LogP contribution < -0.4 is 4.90 Å². The molecule has 1 heterocycles. The number of rotatable bonds is 1. The van der Waals surface area contributed by atoms with Crippen molar-refractivity contribution in [3.63, 3.8) is 0 Å². The van der Waals surface area contributed by atoms with Crippen LogP contribution in [0.2, 0.25) is 0 Å². The van der Waals surface area contributed by atoms with Crippen LogP contribution in [0, 0.1) is 5.82 Å². The fraction of sp³-hybridized carbons (Fsp3) is 0.0952. The molecule has 1 aliphatic rings. The quantitative estimate of drug-likeness (QED) is 0.603. The number of anilines is 1. The van der Waals surface area contributed by atoms with Gasteiger partial charge in [-0.1, -0.05) is 42.5 Å². The number of hydrogen-bond acceptors (Lipinski definition) is 1. The lowest BCUT2D eigenvalue weighted by atomic mass is 9.88. The Hall–Kier alpha value is -2.94. The van der Waals surface area contributed by atoms with E-state index in [1.165, 1.54) is 12.1 Å². The molecule has 0 saturated heterocycles. The van der Waals surface area contributed by atoms with E-state index in [-0.39, 0.29) is 17.8 Å². The first-order valence-corrected chi connectivity index (χ1v) is 7.94. The van der Waals surface area contributed by atoms with Gasteiger partial charge in [-0.15, -0.1) is 0 Å². The summed E-state index contributed by atoms with van der Waals surface area (Å²) in [6, 6.07) is 21.6. The molecule has 118 valence electrons. The Kier molecular flexibility index (Phi) is 3.42. The highest BCUT2D eigenvalue weighted by atomic mass is 19.1. The van der Waals surface area contributed by atoms with Gasteiger partial charge in [-0.3, -0.25) is 4.79 Å². The van der Waals surface area contributed by atoms with E-state index < -0.39 is 0 Å². The molecular formula is C21H16FNO. The number of nitrogens with zero attached hydrogens (tertiary/aromatic N) is 1. The van der Waals surface area contributed by atoms with Crippen LogP contribution in [0.25, 0.3) is 11.1 Å². The second-order valence-electron chi connectivity index (χ2n) is 5.97. The number of halogens is 1. The molecular weight excluding hydrogens is 301 g/mol. The van der Waals surface area contributed by atoms with Gasteiger partial charge >= 0.3 is 0 Å². The number of fused-ring (bicyclic) bond motifs is 3. The molecule has 0 radical (unpaired) electrons. The third kappa shape index (κ3) is 2.21. The van der Waals surface area contributed by atoms with Crippen molar-refractivity contribution in [2.45, 2.75) is 13.0 Å². The molecule has 2 nitrogen and oxygen atoms in total. The maximum Gasteiger partial charge on any atom is 0.258 e. The number of amides is 1. The van der Waals surface area contributed by atoms with Crippen molar-refractivity contribution in [3.8, 4) is 11.1 Å². The average molecular weight is 317 g/mol. The average Bonchev–Trinajstić information content (AvgIpc) is 2.62. The summed E-state index contributed by atoms with van der Waals surface area (Å²) in [5, 5.41) is 0. The van der Waals surface area contributed by atoms with Gasteiger partial charge in [0.05, 0.1) is 11.7 Å². The molecule has 0 unspecified atom stereocenters. The van der Waals surface area contributed by atoms with E-state index in [0.717, 1.165) is 16.7 Å². The minimum absolute atomic E-state index is 0.121. The molecule has 1 aliphatic heterocycles. The van der Waals surface area contributed by atoms with E-state index in [0.29, 0.717) is 11.3 Å². The molecule has 0 aliphatic carbocycles. The standard InChI is InChI=1S/C21H16FNO/c1-14-17-9-5-6-10-18(17)19-12-11-16(22)13-20(19)23(14)21(24)15-7-3-2-4-8-15/h2-14H,1H3/t14-/m0/s1. The fourth-order valence-electron chi connectivity index (χ4n) is 3.39. The van der Waals surface area contributed by atoms with E-state index in [4.69, 9.17) is 0 Å². The number of carbonyl (C=O) groups is 1. The first-order valence-electron chi connectivity index (χ1n) is 7.94. The SMILES string of the molecule is C[C@H]1c2ccccc2-c2ccc(F)cc2N1C(=O)c1ccccc1. The third-order valence-corrected chi connectivity index (χ3v) is 4.55. The van der Waals surface area contributed by atoms with Crippen molar-refractivity contribution in [2.75, 3.05) is 4.90 Å². The topological polar surface area (TPSA) is 20.3 Å². The zero-order valence-electron chi connectivity index (χ0n) is 13.2. The molecule has 0 aromatic heterocycles. The summed E-state index contributed by atoms with van der Waals surface area (Å²) >= 11 is 0. The van der Waals surface area contributed by atoms with Crippen LogP contribution in [0.1, 0.15) is 28.9 Å². The minimum Gasteiger partial charge on any atom is -0.300 e. The second-order valence-corrected chi connectivity index (χ2v) is 5.97. The largest absolute Gasteiger partial charge is 0.300 e. The molecule has 3 aromatic rings. The van der Waals surface area contributed by atoms with Crippen LogP contribution in [0.3, 0.4) is 0 Å². The zero-order valence-corrected chi connectivity index (χ0v) is 13.2. The van der Waals surface area contributed by atoms with Gasteiger partial charge in [-0.25, -0.2) is 4.39 Å². The molecule has 0 saturated carbocycles. The van der Waals surface area contributed by atoms with Crippen molar-refractivity contribution < 1.29 is 9.18 Å². The first kappa shape index (κ1) is 14.6. The molecule has 0 bridgehead atoms. The highest BCUT2D eigenvalue weighted by Gasteiger charge is 2.32. The molecule has 0 fully saturated rings. The molecule has 3 aromatic carbocycles. The Labute approximate surface area is 140 Å². The Morgan fingerprint density at radius 3 is 2.42 bits per heavy atom. The predicted octanol–water partition coefficient (Wildman–Crippen LogP) is 5.21. The van der Waals surface area contributed by atoms with Crippen LogP contribution in [0.15, 0.2) is 72.8 Å². The molecule has 0 spiro atoms. The first-order chi connectivity index (χ1) is 11.7. The smallest absolute Gasteiger partial charge is 0.258 e. The zero-order chi connectivity index (χ0) is 16.7. The molecule has 3 heteroatoms. The van der Waals surface area contributed by atoms with Crippen LogP contribution in [-0.2, 0) is 0 Å². The van der Waals surface area contributed by atoms with Crippen molar-refractivity contribution >= 4 is 11.6 Å². The van der Waals surface area contributed by atoms with E-state index in [9.17, 15) is 9.18 Å². The van der Waals surface area contributed by atoms with Crippen LogP contribution in [-0.4, -0.2) is 5.91 Å². The Bertz CT molecular complexity index is 920. The van der Waals surface area contributed by atoms with Crippen LogP contribution >= 0.6 is 0 Å². The van der Waals surface area contributed by atoms with E-state index in [2.05, 4.69) is 0 Å². The van der Waals surface area contributed by atoms with Gasteiger partial charge in [0.1, 0.15) is 5.82 Å². The van der Waals surface area contributed by atoms with Crippen molar-refractivity contribution in [2.24, 2.45) is 0 Å². The van der Waals surface area contributed by atoms with Crippen molar-refractivity contribution in [3.05, 3.63) is 89.7 Å². The maximum absolute atomic E-state index is 13.9. The monoisotopic (exact) mass is 317 g/mol. The molecule has 24 heavy (non-hydrogen) atoms. The summed E-state index contributed by atoms with van der Waals surface area (Å²) in [5.74, 6) is -0.462. The van der Waals surface area contributed by atoms with E-state index in [1.807, 2.05) is 49.4 Å². The van der Waals surface area contributed by atoms with Gasteiger partial charge in [0.2, 0.25) is 0 Å². The van der Waals surface area contributed by atoms with Gasteiger partial charge < -0.3 is 4.90 Å². The highest BCUT2D eigenvalue weighted by Crippen LogP contribution is 2.45. The van der Waals surface area contributed by atoms with Gasteiger partial charge in [0.25, 0.3) is 5.91 Å². The number of carbonyl (C=O) groups excluding carboxylic acids is 1. The molecule has 1 atom stereocenters. The van der Waals surface area contributed by atoms with Gasteiger partial charge in [0, 0.05) is 11.1 Å². The maximum atomic E-state index is 13.9. The Morgan fingerprint density at radius 1 is 0.917 bits per heavy atom. The van der Waals surface area contributed by atoms with Crippen molar-refractivity contribution in [1.29, 1.82) is 0 Å². The van der Waals surface area contributed by atoms with Crippen molar-refractivity contribution in [1.82, 2.24) is 0 Å². The van der Waals surface area contributed by atoms with Crippen LogP contribution in [0.5, 0.6) is 0 Å². The number of hydrogen-bond donors (Lipinski definition) is 0.